The van der Waals surface area contributed by atoms with Crippen LogP contribution in [0.2, 0.25) is 10.2 Å². The quantitative estimate of drug-likeness (QED) is 0.631. The zero-order chi connectivity index (χ0) is 15.6. The molecule has 2 aromatic rings. The lowest BCUT2D eigenvalue weighted by molar-refractivity contribution is -0.136. The number of nitrogens with zero attached hydrogens (tertiary/aromatic N) is 2. The minimum atomic E-state index is -0.855. The van der Waals surface area contributed by atoms with E-state index in [4.69, 9.17) is 28.3 Å². The maximum atomic E-state index is 10.8. The molecule has 0 atom stereocenters. The van der Waals surface area contributed by atoms with Gasteiger partial charge in [0.05, 0.1) is 12.1 Å². The number of hydrogen-bond acceptors (Lipinski definition) is 5. The zero-order valence-corrected chi connectivity index (χ0v) is 14.5. The Balaban J connectivity index is 2.12. The molecule has 0 fully saturated rings. The molecule has 0 aliphatic heterocycles. The van der Waals surface area contributed by atoms with Crippen LogP contribution < -0.4 is 0 Å². The SMILES string of the molecule is Cc1cc(Cl)c(CSc2nc(C)c(CC(=O)O)s2)c(Cl)n1. The number of carboxylic acid groups (broad SMARTS) is 1. The van der Waals surface area contributed by atoms with Gasteiger partial charge in [-0.3, -0.25) is 4.79 Å². The third-order valence-electron chi connectivity index (χ3n) is 2.67. The molecule has 0 spiro atoms. The van der Waals surface area contributed by atoms with Gasteiger partial charge < -0.3 is 5.11 Å². The van der Waals surface area contributed by atoms with Gasteiger partial charge in [0.15, 0.2) is 4.34 Å². The number of thiazole rings is 1. The molecular formula is C13H12Cl2N2O2S2. The van der Waals surface area contributed by atoms with Crippen LogP contribution in [-0.4, -0.2) is 21.0 Å². The Morgan fingerprint density at radius 1 is 1.38 bits per heavy atom. The molecular weight excluding hydrogens is 351 g/mol. The molecule has 0 saturated heterocycles. The summed E-state index contributed by atoms with van der Waals surface area (Å²) in [4.78, 5) is 20.1. The summed E-state index contributed by atoms with van der Waals surface area (Å²) < 4.78 is 0.802. The molecule has 1 N–H and O–H groups in total. The number of aryl methyl sites for hydroxylation is 2. The number of rotatable bonds is 5. The first-order valence-electron chi connectivity index (χ1n) is 5.99. The first-order chi connectivity index (χ1) is 9.86. The van der Waals surface area contributed by atoms with Gasteiger partial charge >= 0.3 is 5.97 Å². The Kier molecular flexibility index (Phi) is 5.48. The van der Waals surface area contributed by atoms with Gasteiger partial charge in [-0.15, -0.1) is 11.3 Å². The minimum absolute atomic E-state index is 0.00232. The molecule has 0 amide bonds. The van der Waals surface area contributed by atoms with Crippen LogP contribution in [0.5, 0.6) is 0 Å². The molecule has 2 aromatic heterocycles. The van der Waals surface area contributed by atoms with Crippen molar-refractivity contribution < 1.29 is 9.90 Å². The third kappa shape index (κ3) is 4.32. The number of aromatic nitrogens is 2. The number of hydrogen-bond donors (Lipinski definition) is 1. The molecule has 112 valence electrons. The fourth-order valence-corrected chi connectivity index (χ4v) is 4.73. The predicted octanol–water partition coefficient (Wildman–Crippen LogP) is 4.38. The zero-order valence-electron chi connectivity index (χ0n) is 11.3. The van der Waals surface area contributed by atoms with Crippen molar-refractivity contribution in [2.45, 2.75) is 30.4 Å². The average Bonchev–Trinajstić information content (AvgIpc) is 2.67. The van der Waals surface area contributed by atoms with Crippen molar-refractivity contribution in [1.29, 1.82) is 0 Å². The van der Waals surface area contributed by atoms with Crippen LogP contribution in [0.25, 0.3) is 0 Å². The summed E-state index contributed by atoms with van der Waals surface area (Å²) in [5, 5.41) is 9.81. The van der Waals surface area contributed by atoms with Crippen molar-refractivity contribution in [3.8, 4) is 0 Å². The summed E-state index contributed by atoms with van der Waals surface area (Å²) in [5.74, 6) is -0.308. The van der Waals surface area contributed by atoms with Crippen molar-refractivity contribution in [1.82, 2.24) is 9.97 Å². The van der Waals surface area contributed by atoms with Gasteiger partial charge in [-0.1, -0.05) is 35.0 Å². The topological polar surface area (TPSA) is 63.1 Å². The van der Waals surface area contributed by atoms with Crippen molar-refractivity contribution in [2.75, 3.05) is 0 Å². The highest BCUT2D eigenvalue weighted by Crippen LogP contribution is 2.34. The fourth-order valence-electron chi connectivity index (χ4n) is 1.65. The Bertz CT molecular complexity index is 666. The Morgan fingerprint density at radius 3 is 2.71 bits per heavy atom. The summed E-state index contributed by atoms with van der Waals surface area (Å²) in [6.07, 6.45) is -0.00232. The summed E-state index contributed by atoms with van der Waals surface area (Å²) in [6, 6.07) is 1.77. The molecule has 0 bridgehead atoms. The van der Waals surface area contributed by atoms with Gasteiger partial charge in [0.1, 0.15) is 5.15 Å². The number of pyridine rings is 1. The van der Waals surface area contributed by atoms with E-state index >= 15 is 0 Å². The molecule has 8 heteroatoms. The van der Waals surface area contributed by atoms with Crippen LogP contribution in [0.1, 0.15) is 21.8 Å². The molecule has 2 rings (SSSR count). The number of carbonyl (C=O) groups is 1. The second-order valence-electron chi connectivity index (χ2n) is 4.36. The van der Waals surface area contributed by atoms with Crippen LogP contribution in [0, 0.1) is 13.8 Å². The highest BCUT2D eigenvalue weighted by atomic mass is 35.5. The van der Waals surface area contributed by atoms with Crippen molar-refractivity contribution in [3.63, 3.8) is 0 Å². The molecule has 0 aromatic carbocycles. The number of carboxylic acids is 1. The van der Waals surface area contributed by atoms with E-state index in [-0.39, 0.29) is 6.42 Å². The lowest BCUT2D eigenvalue weighted by atomic mass is 10.3. The maximum absolute atomic E-state index is 10.8. The fraction of sp³-hybridized carbons (Fsp3) is 0.308. The third-order valence-corrected chi connectivity index (χ3v) is 5.65. The first-order valence-corrected chi connectivity index (χ1v) is 8.55. The molecule has 0 saturated carbocycles. The van der Waals surface area contributed by atoms with Crippen molar-refractivity contribution in [3.05, 3.63) is 38.1 Å². The number of halogens is 2. The highest BCUT2D eigenvalue weighted by Gasteiger charge is 2.14. The lowest BCUT2D eigenvalue weighted by Crippen LogP contribution is -1.99. The second kappa shape index (κ2) is 6.96. The summed E-state index contributed by atoms with van der Waals surface area (Å²) in [6.45, 7) is 3.64. The molecule has 21 heavy (non-hydrogen) atoms. The molecule has 0 radical (unpaired) electrons. The normalized spacial score (nSPS) is 10.9. The Hall–Kier alpha value is -0.820. The van der Waals surface area contributed by atoms with E-state index in [9.17, 15) is 4.79 Å². The first kappa shape index (κ1) is 16.5. The van der Waals surface area contributed by atoms with Gasteiger partial charge in [0, 0.05) is 26.9 Å². The average molecular weight is 363 g/mol. The van der Waals surface area contributed by atoms with E-state index in [2.05, 4.69) is 9.97 Å². The highest BCUT2D eigenvalue weighted by molar-refractivity contribution is 8.00. The molecule has 0 aliphatic rings. The smallest absolute Gasteiger partial charge is 0.308 e. The Morgan fingerprint density at radius 2 is 2.10 bits per heavy atom. The van der Waals surface area contributed by atoms with Crippen LogP contribution in [0.4, 0.5) is 0 Å². The van der Waals surface area contributed by atoms with Crippen LogP contribution in [0.15, 0.2) is 10.4 Å². The van der Waals surface area contributed by atoms with E-state index in [0.717, 1.165) is 26.2 Å². The number of aliphatic carboxylic acids is 1. The van der Waals surface area contributed by atoms with Crippen LogP contribution in [-0.2, 0) is 17.0 Å². The molecule has 2 heterocycles. The molecule has 0 aliphatic carbocycles. The van der Waals surface area contributed by atoms with Crippen LogP contribution >= 0.6 is 46.3 Å². The lowest BCUT2D eigenvalue weighted by Gasteiger charge is -2.06. The predicted molar refractivity (Wildman–Crippen MR) is 86.7 cm³/mol. The van der Waals surface area contributed by atoms with Crippen molar-refractivity contribution in [2.24, 2.45) is 0 Å². The molecule has 0 unspecified atom stereocenters. The van der Waals surface area contributed by atoms with E-state index in [1.54, 1.807) is 6.07 Å². The summed E-state index contributed by atoms with van der Waals surface area (Å²) >= 11 is 15.1. The standard InChI is InChI=1S/C13H12Cl2N2O2S2/c1-6-3-9(14)8(12(15)16-6)5-20-13-17-7(2)10(21-13)4-11(18)19/h3H,4-5H2,1-2H3,(H,18,19). The van der Waals surface area contributed by atoms with Gasteiger partial charge in [-0.25, -0.2) is 9.97 Å². The monoisotopic (exact) mass is 362 g/mol. The van der Waals surface area contributed by atoms with Gasteiger partial charge in [0.2, 0.25) is 0 Å². The van der Waals surface area contributed by atoms with Gasteiger partial charge in [-0.05, 0) is 19.9 Å². The minimum Gasteiger partial charge on any atom is -0.481 e. The summed E-state index contributed by atoms with van der Waals surface area (Å²) in [7, 11) is 0. The van der Waals surface area contributed by atoms with E-state index in [0.29, 0.717) is 15.9 Å². The van der Waals surface area contributed by atoms with Crippen molar-refractivity contribution >= 4 is 52.3 Å². The van der Waals surface area contributed by atoms with E-state index < -0.39 is 5.97 Å². The second-order valence-corrected chi connectivity index (χ2v) is 7.43. The van der Waals surface area contributed by atoms with Crippen LogP contribution in [0.3, 0.4) is 0 Å². The number of thioether (sulfide) groups is 1. The largest absolute Gasteiger partial charge is 0.481 e. The molecule has 4 nitrogen and oxygen atoms in total. The van der Waals surface area contributed by atoms with E-state index in [1.165, 1.54) is 23.1 Å². The maximum Gasteiger partial charge on any atom is 0.308 e. The van der Waals surface area contributed by atoms with Gasteiger partial charge in [-0.2, -0.15) is 0 Å². The van der Waals surface area contributed by atoms with E-state index in [1.807, 2.05) is 13.8 Å². The Labute approximate surface area is 140 Å². The summed E-state index contributed by atoms with van der Waals surface area (Å²) in [5.41, 5.74) is 2.29. The van der Waals surface area contributed by atoms with Gasteiger partial charge in [0.25, 0.3) is 0 Å².